The Morgan fingerprint density at radius 2 is 1.89 bits per heavy atom. The van der Waals surface area contributed by atoms with Crippen LogP contribution in [-0.2, 0) is 10.3 Å². The highest BCUT2D eigenvalue weighted by Crippen LogP contribution is 2.33. The predicted molar refractivity (Wildman–Crippen MR) is 133 cm³/mol. The monoisotopic (exact) mass is 503 g/mol. The molecule has 0 radical (unpaired) electrons. The number of aromatic nitrogens is 3. The first kappa shape index (κ1) is 25.0. The van der Waals surface area contributed by atoms with Gasteiger partial charge in [0.2, 0.25) is 5.95 Å². The van der Waals surface area contributed by atoms with Crippen LogP contribution >= 0.6 is 0 Å². The number of ether oxygens (including phenoxy) is 1. The molecule has 0 fully saturated rings. The van der Waals surface area contributed by atoms with Crippen molar-refractivity contribution in [1.82, 2.24) is 15.0 Å². The van der Waals surface area contributed by atoms with Gasteiger partial charge in [-0.15, -0.1) is 0 Å². The molecule has 188 valence electrons. The Kier molecular flexibility index (Phi) is 7.23. The first-order chi connectivity index (χ1) is 17.8. The molecule has 13 heteroatoms. The van der Waals surface area contributed by atoms with Crippen molar-refractivity contribution in [2.24, 2.45) is 4.99 Å². The van der Waals surface area contributed by atoms with E-state index in [1.807, 2.05) is 6.08 Å². The fourth-order valence-electron chi connectivity index (χ4n) is 3.78. The largest absolute Gasteiger partial charge is 0.462 e. The summed E-state index contributed by atoms with van der Waals surface area (Å²) in [6.07, 6.45) is 8.17. The fraction of sp³-hybridized carbons (Fsp3) is 0.208. The number of nitrogens with one attached hydrogen (secondary N) is 1. The number of nitro groups is 2. The highest BCUT2D eigenvalue weighted by Gasteiger charge is 2.32. The van der Waals surface area contributed by atoms with Gasteiger partial charge in [0.15, 0.2) is 0 Å². The van der Waals surface area contributed by atoms with E-state index in [1.165, 1.54) is 36.7 Å². The van der Waals surface area contributed by atoms with Crippen LogP contribution in [0, 0.1) is 20.2 Å². The lowest BCUT2D eigenvalue weighted by Crippen LogP contribution is -2.25. The van der Waals surface area contributed by atoms with E-state index in [1.54, 1.807) is 31.3 Å². The van der Waals surface area contributed by atoms with Crippen LogP contribution in [0.4, 0.5) is 17.3 Å². The molecule has 2 aromatic heterocycles. The number of nitro benzene ring substituents is 1. The Morgan fingerprint density at radius 1 is 1.08 bits per heavy atom. The third-order valence-corrected chi connectivity index (χ3v) is 5.57. The van der Waals surface area contributed by atoms with E-state index in [9.17, 15) is 25.0 Å². The van der Waals surface area contributed by atoms with Crippen LogP contribution in [0.1, 0.15) is 29.4 Å². The predicted octanol–water partition coefficient (Wildman–Crippen LogP) is 3.87. The smallest absolute Gasteiger partial charge is 0.341 e. The molecule has 1 aliphatic rings. The van der Waals surface area contributed by atoms with Crippen LogP contribution < -0.4 is 5.32 Å². The average Bonchev–Trinajstić information content (AvgIpc) is 3.39. The highest BCUT2D eigenvalue weighted by atomic mass is 16.6. The van der Waals surface area contributed by atoms with E-state index in [0.29, 0.717) is 24.2 Å². The lowest BCUT2D eigenvalue weighted by molar-refractivity contribution is -0.385. The summed E-state index contributed by atoms with van der Waals surface area (Å²) in [6.45, 7) is 2.13. The maximum absolute atomic E-state index is 12.5. The number of hydrogen-bond acceptors (Lipinski definition) is 11. The van der Waals surface area contributed by atoms with Gasteiger partial charge in [-0.3, -0.25) is 30.2 Å². The lowest BCUT2D eigenvalue weighted by Gasteiger charge is -2.23. The minimum Gasteiger partial charge on any atom is -0.462 e. The van der Waals surface area contributed by atoms with Crippen LogP contribution in [-0.4, -0.2) is 50.1 Å². The third-order valence-electron chi connectivity index (χ3n) is 5.57. The van der Waals surface area contributed by atoms with Gasteiger partial charge in [-0.1, -0.05) is 12.1 Å². The van der Waals surface area contributed by atoms with Crippen molar-refractivity contribution in [2.75, 3.05) is 18.5 Å². The number of non-ortho nitro benzene ring substituents is 1. The normalized spacial score (nSPS) is 15.9. The standard InChI is InChI=1S/C24H21N7O6/c1-2-37-22(32)19-15-27-23(29-21(19)16-5-3-6-17(13-16)30(33)34)25-12-10-24(9-4-11-28-24)20-8-7-18(14-26-20)31(35)36/h3-9,11,13-15H,2,10,12H2,1H3,(H,25,27,29). The number of esters is 1. The molecule has 3 aromatic rings. The number of carbonyl (C=O) groups excluding carboxylic acids is 1. The number of aliphatic imine (C=N–C) groups is 1. The molecule has 3 heterocycles. The molecule has 0 saturated carbocycles. The third kappa shape index (κ3) is 5.45. The number of carbonyl (C=O) groups is 1. The summed E-state index contributed by atoms with van der Waals surface area (Å²) in [5.74, 6) is -0.462. The molecule has 0 bridgehead atoms. The van der Waals surface area contributed by atoms with E-state index in [2.05, 4.69) is 25.3 Å². The van der Waals surface area contributed by atoms with E-state index < -0.39 is 21.4 Å². The molecule has 1 aromatic carbocycles. The maximum Gasteiger partial charge on any atom is 0.341 e. The Balaban J connectivity index is 1.58. The molecular formula is C24H21N7O6. The number of rotatable bonds is 10. The van der Waals surface area contributed by atoms with Gasteiger partial charge < -0.3 is 10.1 Å². The van der Waals surface area contributed by atoms with Crippen molar-refractivity contribution in [1.29, 1.82) is 0 Å². The topological polar surface area (TPSA) is 176 Å². The number of pyridine rings is 1. The summed E-state index contributed by atoms with van der Waals surface area (Å²) >= 11 is 0. The van der Waals surface area contributed by atoms with Crippen LogP contribution in [0.25, 0.3) is 11.3 Å². The first-order valence-electron chi connectivity index (χ1n) is 11.2. The molecule has 1 N–H and O–H groups in total. The van der Waals surface area contributed by atoms with Crippen molar-refractivity contribution >= 4 is 29.5 Å². The minimum atomic E-state index is -0.824. The molecule has 1 aliphatic heterocycles. The van der Waals surface area contributed by atoms with Gasteiger partial charge >= 0.3 is 5.97 Å². The van der Waals surface area contributed by atoms with Gasteiger partial charge in [0.1, 0.15) is 17.3 Å². The lowest BCUT2D eigenvalue weighted by atomic mass is 9.92. The number of nitrogens with zero attached hydrogens (tertiary/aromatic N) is 6. The summed E-state index contributed by atoms with van der Waals surface area (Å²) < 4.78 is 5.10. The van der Waals surface area contributed by atoms with Gasteiger partial charge in [0.25, 0.3) is 11.4 Å². The molecule has 1 unspecified atom stereocenters. The summed E-state index contributed by atoms with van der Waals surface area (Å²) in [4.78, 5) is 51.1. The molecule has 0 aliphatic carbocycles. The van der Waals surface area contributed by atoms with Gasteiger partial charge in [0, 0.05) is 42.7 Å². The molecule has 13 nitrogen and oxygen atoms in total. The minimum absolute atomic E-state index is 0.0720. The van der Waals surface area contributed by atoms with E-state index in [4.69, 9.17) is 4.74 Å². The molecule has 0 spiro atoms. The van der Waals surface area contributed by atoms with Crippen LogP contribution in [0.3, 0.4) is 0 Å². The molecule has 0 amide bonds. The number of hydrogen-bond donors (Lipinski definition) is 1. The Labute approximate surface area is 210 Å². The zero-order valence-electron chi connectivity index (χ0n) is 19.6. The van der Waals surface area contributed by atoms with Crippen LogP contribution in [0.5, 0.6) is 0 Å². The highest BCUT2D eigenvalue weighted by molar-refractivity contribution is 5.96. The summed E-state index contributed by atoms with van der Waals surface area (Å²) in [7, 11) is 0. The van der Waals surface area contributed by atoms with Crippen LogP contribution in [0.2, 0.25) is 0 Å². The average molecular weight is 503 g/mol. The summed E-state index contributed by atoms with van der Waals surface area (Å²) in [5.41, 5.74) is 0.0671. The van der Waals surface area contributed by atoms with E-state index in [0.717, 1.165) is 0 Å². The Bertz CT molecular complexity index is 1390. The van der Waals surface area contributed by atoms with Gasteiger partial charge in [0.05, 0.1) is 27.8 Å². The second-order valence-corrected chi connectivity index (χ2v) is 7.88. The molecule has 4 rings (SSSR count). The van der Waals surface area contributed by atoms with Crippen molar-refractivity contribution in [2.45, 2.75) is 18.9 Å². The maximum atomic E-state index is 12.5. The van der Waals surface area contributed by atoms with E-state index in [-0.39, 0.29) is 35.2 Å². The van der Waals surface area contributed by atoms with Gasteiger partial charge in [-0.2, -0.15) is 0 Å². The SMILES string of the molecule is CCOC(=O)c1cnc(NCCC2(c3ccc([N+](=O)[O-])cn3)C=CC=N2)nc1-c1cccc([N+](=O)[O-])c1. The van der Waals surface area contributed by atoms with E-state index >= 15 is 0 Å². The van der Waals surface area contributed by atoms with Crippen molar-refractivity contribution in [3.63, 3.8) is 0 Å². The zero-order chi connectivity index (χ0) is 26.4. The number of anilines is 1. The quantitative estimate of drug-likeness (QED) is 0.243. The van der Waals surface area contributed by atoms with Crippen molar-refractivity contribution in [3.05, 3.63) is 92.4 Å². The molecule has 1 atom stereocenters. The van der Waals surface area contributed by atoms with Gasteiger partial charge in [-0.25, -0.2) is 14.8 Å². The Hall–Kier alpha value is -5.07. The molecular weight excluding hydrogens is 482 g/mol. The molecule has 37 heavy (non-hydrogen) atoms. The number of allylic oxidation sites excluding steroid dienone is 1. The van der Waals surface area contributed by atoms with Crippen molar-refractivity contribution < 1.29 is 19.4 Å². The second kappa shape index (κ2) is 10.7. The zero-order valence-corrected chi connectivity index (χ0v) is 19.6. The summed E-state index contributed by atoms with van der Waals surface area (Å²) in [6, 6.07) is 8.72. The molecule has 0 saturated heterocycles. The van der Waals surface area contributed by atoms with Crippen LogP contribution in [0.15, 0.2) is 65.9 Å². The second-order valence-electron chi connectivity index (χ2n) is 7.88. The number of benzene rings is 1. The Morgan fingerprint density at radius 3 is 2.54 bits per heavy atom. The first-order valence-corrected chi connectivity index (χ1v) is 11.2. The summed E-state index contributed by atoms with van der Waals surface area (Å²) in [5, 5.41) is 25.3. The van der Waals surface area contributed by atoms with Crippen molar-refractivity contribution in [3.8, 4) is 11.3 Å². The van der Waals surface area contributed by atoms with Gasteiger partial charge in [-0.05, 0) is 31.6 Å². The fourth-order valence-corrected chi connectivity index (χ4v) is 3.78.